The van der Waals surface area contributed by atoms with Crippen molar-refractivity contribution in [3.8, 4) is 11.5 Å². The molecule has 6 nitrogen and oxygen atoms in total. The molecule has 2 aliphatic heterocycles. The molecule has 1 atom stereocenters. The monoisotopic (exact) mass is 263 g/mol. The number of hydrogen-bond acceptors (Lipinski definition) is 4. The van der Waals surface area contributed by atoms with E-state index in [1.807, 2.05) is 18.2 Å². The minimum atomic E-state index is -0.218. The van der Waals surface area contributed by atoms with E-state index in [1.165, 1.54) is 0 Å². The topological polar surface area (TPSA) is 68.0 Å². The summed E-state index contributed by atoms with van der Waals surface area (Å²) in [6, 6.07) is 5.48. The predicted molar refractivity (Wildman–Crippen MR) is 69.1 cm³/mol. The summed E-state index contributed by atoms with van der Waals surface area (Å²) >= 11 is 0. The number of carbonyl (C=O) groups is 1. The molecule has 2 aliphatic rings. The summed E-state index contributed by atoms with van der Waals surface area (Å²) in [5.74, 6) is 1.46. The van der Waals surface area contributed by atoms with Crippen LogP contribution in [-0.2, 0) is 0 Å². The molecule has 0 saturated carbocycles. The van der Waals surface area contributed by atoms with Crippen molar-refractivity contribution >= 4 is 6.03 Å². The predicted octanol–water partition coefficient (Wildman–Crippen LogP) is 0.783. The van der Waals surface area contributed by atoms with Gasteiger partial charge in [-0.1, -0.05) is 6.07 Å². The average molecular weight is 263 g/mol. The normalized spacial score (nSPS) is 19.2. The summed E-state index contributed by atoms with van der Waals surface area (Å²) in [6.45, 7) is 2.26. The van der Waals surface area contributed by atoms with Gasteiger partial charge < -0.3 is 25.0 Å². The van der Waals surface area contributed by atoms with Crippen LogP contribution in [0.5, 0.6) is 11.5 Å². The van der Waals surface area contributed by atoms with Gasteiger partial charge in [-0.15, -0.1) is 0 Å². The Morgan fingerprint density at radius 3 is 2.84 bits per heavy atom. The van der Waals surface area contributed by atoms with Gasteiger partial charge in [0.15, 0.2) is 11.5 Å². The lowest BCUT2D eigenvalue weighted by molar-refractivity contribution is 0.174. The van der Waals surface area contributed by atoms with Gasteiger partial charge in [-0.25, -0.2) is 4.79 Å². The van der Waals surface area contributed by atoms with E-state index in [9.17, 15) is 4.79 Å². The lowest BCUT2D eigenvalue weighted by Gasteiger charge is -2.21. The summed E-state index contributed by atoms with van der Waals surface area (Å²) in [6.07, 6.45) is 0. The number of rotatable bonds is 3. The second-order valence-corrected chi connectivity index (χ2v) is 4.87. The second kappa shape index (κ2) is 4.62. The minimum absolute atomic E-state index is 0.0381. The van der Waals surface area contributed by atoms with Crippen molar-refractivity contribution in [3.63, 3.8) is 0 Å². The number of fused-ring (bicyclic) bond motifs is 1. The fourth-order valence-corrected chi connectivity index (χ4v) is 2.36. The maximum Gasteiger partial charge on any atom is 0.319 e. The first-order chi connectivity index (χ1) is 9.15. The largest absolute Gasteiger partial charge is 0.454 e. The maximum atomic E-state index is 11.8. The highest BCUT2D eigenvalue weighted by atomic mass is 16.7. The number of ether oxygens (including phenoxy) is 2. The summed E-state index contributed by atoms with van der Waals surface area (Å²) in [4.78, 5) is 15.3. The molecule has 2 amide bonds. The molecule has 0 radical (unpaired) electrons. The Kier molecular flexibility index (Phi) is 2.94. The molecule has 1 unspecified atom stereocenters. The molecular weight excluding hydrogens is 246 g/mol. The first kappa shape index (κ1) is 12.1. The number of carbonyl (C=O) groups excluding carboxylic acids is 1. The van der Waals surface area contributed by atoms with Gasteiger partial charge in [0, 0.05) is 32.7 Å². The van der Waals surface area contributed by atoms with Crippen LogP contribution < -0.4 is 15.2 Å². The number of benzene rings is 1. The van der Waals surface area contributed by atoms with Crippen molar-refractivity contribution in [2.45, 2.75) is 6.04 Å². The van der Waals surface area contributed by atoms with E-state index in [2.05, 4.69) is 0 Å². The SMILES string of the molecule is CN1CCN(CC(N)c2ccc3c(c2)OCO3)C1=O. The highest BCUT2D eigenvalue weighted by molar-refractivity contribution is 5.76. The Labute approximate surface area is 111 Å². The van der Waals surface area contributed by atoms with Crippen LogP contribution in [0, 0.1) is 0 Å². The molecule has 3 rings (SSSR count). The third-order valence-corrected chi connectivity index (χ3v) is 3.54. The molecule has 2 N–H and O–H groups in total. The molecule has 1 aromatic carbocycles. The van der Waals surface area contributed by atoms with Crippen LogP contribution in [0.15, 0.2) is 18.2 Å². The molecule has 0 bridgehead atoms. The second-order valence-electron chi connectivity index (χ2n) is 4.87. The highest BCUT2D eigenvalue weighted by Gasteiger charge is 2.27. The van der Waals surface area contributed by atoms with Gasteiger partial charge in [0.25, 0.3) is 0 Å². The van der Waals surface area contributed by atoms with Gasteiger partial charge in [0.2, 0.25) is 6.79 Å². The van der Waals surface area contributed by atoms with Gasteiger partial charge >= 0.3 is 6.03 Å². The van der Waals surface area contributed by atoms with Gasteiger partial charge in [0.1, 0.15) is 0 Å². The molecule has 0 aliphatic carbocycles. The standard InChI is InChI=1S/C13H17N3O3/c1-15-4-5-16(13(15)17)7-10(14)9-2-3-11-12(6-9)19-8-18-11/h2-3,6,10H,4-5,7-8,14H2,1H3. The number of hydrogen-bond donors (Lipinski definition) is 1. The Morgan fingerprint density at radius 1 is 1.32 bits per heavy atom. The van der Waals surface area contributed by atoms with Crippen LogP contribution in [0.3, 0.4) is 0 Å². The van der Waals surface area contributed by atoms with Crippen molar-refractivity contribution in [1.82, 2.24) is 9.80 Å². The zero-order valence-electron chi connectivity index (χ0n) is 10.8. The number of urea groups is 1. The van der Waals surface area contributed by atoms with Crippen LogP contribution in [0.1, 0.15) is 11.6 Å². The Morgan fingerprint density at radius 2 is 2.11 bits per heavy atom. The van der Waals surface area contributed by atoms with Gasteiger partial charge in [-0.05, 0) is 17.7 Å². The summed E-state index contributed by atoms with van der Waals surface area (Å²) in [5.41, 5.74) is 7.12. The van der Waals surface area contributed by atoms with Crippen molar-refractivity contribution in [3.05, 3.63) is 23.8 Å². The van der Waals surface area contributed by atoms with Crippen LogP contribution in [-0.4, -0.2) is 49.3 Å². The molecule has 0 spiro atoms. The molecule has 1 fully saturated rings. The van der Waals surface area contributed by atoms with Crippen LogP contribution >= 0.6 is 0 Å². The number of nitrogens with two attached hydrogens (primary N) is 1. The molecule has 0 aromatic heterocycles. The first-order valence-electron chi connectivity index (χ1n) is 6.30. The number of nitrogens with zero attached hydrogens (tertiary/aromatic N) is 2. The summed E-state index contributed by atoms with van der Waals surface area (Å²) in [7, 11) is 1.80. The first-order valence-corrected chi connectivity index (χ1v) is 6.30. The highest BCUT2D eigenvalue weighted by Crippen LogP contribution is 2.34. The molecular formula is C13H17N3O3. The van der Waals surface area contributed by atoms with Crippen molar-refractivity contribution in [2.24, 2.45) is 5.73 Å². The van der Waals surface area contributed by atoms with E-state index in [1.54, 1.807) is 16.8 Å². The van der Waals surface area contributed by atoms with Crippen molar-refractivity contribution in [2.75, 3.05) is 33.5 Å². The minimum Gasteiger partial charge on any atom is -0.454 e. The quantitative estimate of drug-likeness (QED) is 0.875. The van der Waals surface area contributed by atoms with Gasteiger partial charge in [-0.2, -0.15) is 0 Å². The summed E-state index contributed by atoms with van der Waals surface area (Å²) < 4.78 is 10.6. The Balaban J connectivity index is 1.70. The van der Waals surface area contributed by atoms with E-state index in [0.717, 1.165) is 30.2 Å². The molecule has 102 valence electrons. The summed E-state index contributed by atoms with van der Waals surface area (Å²) in [5, 5.41) is 0. The van der Waals surface area contributed by atoms with Crippen molar-refractivity contribution < 1.29 is 14.3 Å². The van der Waals surface area contributed by atoms with Crippen LogP contribution in [0.2, 0.25) is 0 Å². The van der Waals surface area contributed by atoms with Crippen molar-refractivity contribution in [1.29, 1.82) is 0 Å². The van der Waals surface area contributed by atoms with Gasteiger partial charge in [-0.3, -0.25) is 0 Å². The fourth-order valence-electron chi connectivity index (χ4n) is 2.36. The lowest BCUT2D eigenvalue weighted by atomic mass is 10.1. The van der Waals surface area contributed by atoms with E-state index in [4.69, 9.17) is 15.2 Å². The third-order valence-electron chi connectivity index (χ3n) is 3.54. The third kappa shape index (κ3) is 2.19. The molecule has 1 aromatic rings. The van der Waals surface area contributed by atoms with Crippen LogP contribution in [0.4, 0.5) is 4.79 Å². The molecule has 6 heteroatoms. The Hall–Kier alpha value is -1.95. The lowest BCUT2D eigenvalue weighted by Crippen LogP contribution is -2.35. The molecule has 2 heterocycles. The average Bonchev–Trinajstić information content (AvgIpc) is 2.99. The van der Waals surface area contributed by atoms with Gasteiger partial charge in [0.05, 0.1) is 0 Å². The van der Waals surface area contributed by atoms with E-state index in [0.29, 0.717) is 6.54 Å². The molecule has 19 heavy (non-hydrogen) atoms. The number of amides is 2. The van der Waals surface area contributed by atoms with E-state index >= 15 is 0 Å². The fraction of sp³-hybridized carbons (Fsp3) is 0.462. The smallest absolute Gasteiger partial charge is 0.319 e. The van der Waals surface area contributed by atoms with E-state index < -0.39 is 0 Å². The maximum absolute atomic E-state index is 11.8. The van der Waals surface area contributed by atoms with E-state index in [-0.39, 0.29) is 18.9 Å². The number of likely N-dealkylation sites (N-methyl/N-ethyl adjacent to an activating group) is 1. The zero-order chi connectivity index (χ0) is 13.4. The van der Waals surface area contributed by atoms with Crippen LogP contribution in [0.25, 0.3) is 0 Å². The molecule has 1 saturated heterocycles. The Bertz CT molecular complexity index is 506. The zero-order valence-corrected chi connectivity index (χ0v) is 10.8.